The van der Waals surface area contributed by atoms with Gasteiger partial charge in [-0.2, -0.15) is 0 Å². The van der Waals surface area contributed by atoms with Gasteiger partial charge in [-0.05, 0) is 30.2 Å². The van der Waals surface area contributed by atoms with Crippen LogP contribution in [0.1, 0.15) is 20.8 Å². The lowest BCUT2D eigenvalue weighted by Crippen LogP contribution is -2.24. The van der Waals surface area contributed by atoms with E-state index in [-0.39, 0.29) is 11.8 Å². The van der Waals surface area contributed by atoms with Crippen molar-refractivity contribution in [2.75, 3.05) is 11.1 Å². The molecule has 0 bridgehead atoms. The number of nitrogens with one attached hydrogen (secondary N) is 1. The van der Waals surface area contributed by atoms with Crippen molar-refractivity contribution in [1.82, 2.24) is 0 Å². The summed E-state index contributed by atoms with van der Waals surface area (Å²) in [6, 6.07) is 7.16. The van der Waals surface area contributed by atoms with Gasteiger partial charge in [-0.1, -0.05) is 20.8 Å². The molecule has 0 aromatic heterocycles. The van der Waals surface area contributed by atoms with E-state index in [0.717, 1.165) is 5.69 Å². The van der Waals surface area contributed by atoms with Crippen molar-refractivity contribution >= 4 is 17.3 Å². The van der Waals surface area contributed by atoms with Crippen molar-refractivity contribution in [3.05, 3.63) is 24.3 Å². The monoisotopic (exact) mass is 206 g/mol. The van der Waals surface area contributed by atoms with Crippen LogP contribution < -0.4 is 11.1 Å². The summed E-state index contributed by atoms with van der Waals surface area (Å²) in [5.41, 5.74) is 7.05. The van der Waals surface area contributed by atoms with Crippen molar-refractivity contribution in [2.24, 2.45) is 11.8 Å². The van der Waals surface area contributed by atoms with E-state index >= 15 is 0 Å². The normalized spacial score (nSPS) is 12.5. The van der Waals surface area contributed by atoms with Gasteiger partial charge in [0.1, 0.15) is 0 Å². The van der Waals surface area contributed by atoms with E-state index in [0.29, 0.717) is 11.6 Å². The van der Waals surface area contributed by atoms with Crippen LogP contribution in [0.2, 0.25) is 0 Å². The first kappa shape index (κ1) is 11.6. The second-order valence-corrected chi connectivity index (χ2v) is 4.14. The van der Waals surface area contributed by atoms with Crippen LogP contribution in [0.5, 0.6) is 0 Å². The topological polar surface area (TPSA) is 55.1 Å². The van der Waals surface area contributed by atoms with Crippen LogP contribution in [0.15, 0.2) is 24.3 Å². The lowest BCUT2D eigenvalue weighted by atomic mass is 9.97. The lowest BCUT2D eigenvalue weighted by Gasteiger charge is -2.15. The average Bonchev–Trinajstić information content (AvgIpc) is 2.20. The minimum absolute atomic E-state index is 0.0163. The van der Waals surface area contributed by atoms with Crippen molar-refractivity contribution in [3.8, 4) is 0 Å². The zero-order chi connectivity index (χ0) is 11.4. The molecule has 0 heterocycles. The van der Waals surface area contributed by atoms with E-state index in [1.807, 2.05) is 20.8 Å². The number of amides is 1. The molecule has 1 aromatic rings. The van der Waals surface area contributed by atoms with Gasteiger partial charge in [-0.3, -0.25) is 4.79 Å². The van der Waals surface area contributed by atoms with E-state index in [4.69, 9.17) is 5.73 Å². The number of nitrogens with two attached hydrogens (primary N) is 1. The van der Waals surface area contributed by atoms with Crippen LogP contribution in [-0.4, -0.2) is 5.91 Å². The first-order valence-corrected chi connectivity index (χ1v) is 5.17. The fraction of sp³-hybridized carbons (Fsp3) is 0.417. The molecule has 0 saturated carbocycles. The molecule has 1 amide bonds. The molecule has 3 heteroatoms. The molecule has 1 aromatic carbocycles. The van der Waals surface area contributed by atoms with Crippen LogP contribution >= 0.6 is 0 Å². The quantitative estimate of drug-likeness (QED) is 0.746. The summed E-state index contributed by atoms with van der Waals surface area (Å²) < 4.78 is 0. The van der Waals surface area contributed by atoms with E-state index in [2.05, 4.69) is 5.32 Å². The van der Waals surface area contributed by atoms with Gasteiger partial charge >= 0.3 is 0 Å². The molecule has 3 nitrogen and oxygen atoms in total. The Balaban J connectivity index is 2.62. The summed E-state index contributed by atoms with van der Waals surface area (Å²) in [6.45, 7) is 6.00. The minimum Gasteiger partial charge on any atom is -0.399 e. The van der Waals surface area contributed by atoms with E-state index in [1.54, 1.807) is 24.3 Å². The third kappa shape index (κ3) is 3.27. The largest absolute Gasteiger partial charge is 0.399 e. The summed E-state index contributed by atoms with van der Waals surface area (Å²) in [4.78, 5) is 11.7. The number of rotatable bonds is 3. The van der Waals surface area contributed by atoms with Crippen molar-refractivity contribution < 1.29 is 4.79 Å². The second-order valence-electron chi connectivity index (χ2n) is 4.14. The summed E-state index contributed by atoms with van der Waals surface area (Å²) in [6.07, 6.45) is 0. The fourth-order valence-electron chi connectivity index (χ4n) is 1.13. The molecule has 0 aliphatic rings. The first-order chi connectivity index (χ1) is 7.00. The number of carbonyl (C=O) groups is 1. The Morgan fingerprint density at radius 3 is 2.20 bits per heavy atom. The van der Waals surface area contributed by atoms with Gasteiger partial charge < -0.3 is 11.1 Å². The van der Waals surface area contributed by atoms with Crippen LogP contribution in [0.3, 0.4) is 0 Å². The molecule has 0 saturated heterocycles. The highest BCUT2D eigenvalue weighted by atomic mass is 16.1. The third-order valence-electron chi connectivity index (χ3n) is 2.59. The zero-order valence-electron chi connectivity index (χ0n) is 9.45. The maximum atomic E-state index is 11.7. The van der Waals surface area contributed by atoms with Crippen molar-refractivity contribution in [3.63, 3.8) is 0 Å². The summed E-state index contributed by atoms with van der Waals surface area (Å²) in [7, 11) is 0. The summed E-state index contributed by atoms with van der Waals surface area (Å²) in [5.74, 6) is 0.413. The Morgan fingerprint density at radius 2 is 1.73 bits per heavy atom. The molecule has 1 atom stereocenters. The second kappa shape index (κ2) is 4.82. The van der Waals surface area contributed by atoms with E-state index in [1.165, 1.54) is 0 Å². The average molecular weight is 206 g/mol. The zero-order valence-corrected chi connectivity index (χ0v) is 9.45. The third-order valence-corrected chi connectivity index (χ3v) is 2.59. The van der Waals surface area contributed by atoms with E-state index < -0.39 is 0 Å². The van der Waals surface area contributed by atoms with Gasteiger partial charge in [0.05, 0.1) is 0 Å². The Labute approximate surface area is 90.7 Å². The number of hydrogen-bond acceptors (Lipinski definition) is 2. The van der Waals surface area contributed by atoms with Crippen molar-refractivity contribution in [2.45, 2.75) is 20.8 Å². The van der Waals surface area contributed by atoms with Gasteiger partial charge in [-0.25, -0.2) is 0 Å². The molecule has 0 fully saturated rings. The van der Waals surface area contributed by atoms with Gasteiger partial charge in [0, 0.05) is 17.3 Å². The standard InChI is InChI=1S/C12H18N2O/c1-8(2)9(3)12(15)14-11-6-4-10(13)5-7-11/h4-9H,13H2,1-3H3,(H,14,15)/t9-/m0/s1. The smallest absolute Gasteiger partial charge is 0.227 e. The van der Waals surface area contributed by atoms with Crippen LogP contribution in [0.4, 0.5) is 11.4 Å². The number of nitrogen functional groups attached to an aromatic ring is 1. The molecule has 15 heavy (non-hydrogen) atoms. The molecule has 3 N–H and O–H groups in total. The van der Waals surface area contributed by atoms with Gasteiger partial charge in [-0.15, -0.1) is 0 Å². The summed E-state index contributed by atoms with van der Waals surface area (Å²) in [5, 5.41) is 2.86. The minimum atomic E-state index is 0.0163. The van der Waals surface area contributed by atoms with Crippen molar-refractivity contribution in [1.29, 1.82) is 0 Å². The number of anilines is 2. The van der Waals surface area contributed by atoms with Gasteiger partial charge in [0.25, 0.3) is 0 Å². The predicted molar refractivity (Wildman–Crippen MR) is 63.5 cm³/mol. The molecule has 82 valence electrons. The lowest BCUT2D eigenvalue weighted by molar-refractivity contribution is -0.120. The van der Waals surface area contributed by atoms with Crippen LogP contribution in [-0.2, 0) is 4.79 Å². The maximum absolute atomic E-state index is 11.7. The SMILES string of the molecule is CC(C)[C@H](C)C(=O)Nc1ccc(N)cc1. The van der Waals surface area contributed by atoms with E-state index in [9.17, 15) is 4.79 Å². The first-order valence-electron chi connectivity index (χ1n) is 5.17. The Morgan fingerprint density at radius 1 is 1.20 bits per heavy atom. The molecule has 0 aliphatic heterocycles. The Hall–Kier alpha value is -1.51. The summed E-state index contributed by atoms with van der Waals surface area (Å²) >= 11 is 0. The molecule has 1 rings (SSSR count). The van der Waals surface area contributed by atoms with Gasteiger partial charge in [0.15, 0.2) is 0 Å². The molecule has 0 aliphatic carbocycles. The molecular weight excluding hydrogens is 188 g/mol. The highest BCUT2D eigenvalue weighted by Crippen LogP contribution is 2.15. The Bertz CT molecular complexity index is 330. The molecule has 0 spiro atoms. The number of hydrogen-bond donors (Lipinski definition) is 2. The van der Waals surface area contributed by atoms with Crippen LogP contribution in [0, 0.1) is 11.8 Å². The highest BCUT2D eigenvalue weighted by molar-refractivity contribution is 5.92. The maximum Gasteiger partial charge on any atom is 0.227 e. The highest BCUT2D eigenvalue weighted by Gasteiger charge is 2.16. The Kier molecular flexibility index (Phi) is 3.72. The number of benzene rings is 1. The molecular formula is C12H18N2O. The fourth-order valence-corrected chi connectivity index (χ4v) is 1.13. The molecule has 0 radical (unpaired) electrons. The van der Waals surface area contributed by atoms with Gasteiger partial charge in [0.2, 0.25) is 5.91 Å². The predicted octanol–water partition coefficient (Wildman–Crippen LogP) is 2.50. The van der Waals surface area contributed by atoms with Crippen LogP contribution in [0.25, 0.3) is 0 Å². The number of carbonyl (C=O) groups excluding carboxylic acids is 1. The molecule has 0 unspecified atom stereocenters.